The summed E-state index contributed by atoms with van der Waals surface area (Å²) < 4.78 is 23.4. The zero-order valence-corrected chi connectivity index (χ0v) is 16.1. The molecule has 0 amide bonds. The van der Waals surface area contributed by atoms with Crippen LogP contribution in [0.4, 0.5) is 0 Å². The first-order valence-electron chi connectivity index (χ1n) is 8.67. The van der Waals surface area contributed by atoms with Crippen LogP contribution in [0.25, 0.3) is 23.3 Å². The first-order valence-corrected chi connectivity index (χ1v) is 8.67. The number of furan rings is 1. The summed E-state index contributed by atoms with van der Waals surface area (Å²) in [6, 6.07) is 9.05. The Morgan fingerprint density at radius 3 is 2.43 bits per heavy atom. The van der Waals surface area contributed by atoms with Crippen LogP contribution in [0.2, 0.25) is 0 Å². The van der Waals surface area contributed by atoms with Crippen LogP contribution in [0.15, 0.2) is 40.8 Å². The second-order valence-corrected chi connectivity index (χ2v) is 5.72. The number of hydrogen-bond donors (Lipinski definition) is 0. The number of rotatable bonds is 7. The molecule has 146 valence electrons. The van der Waals surface area contributed by atoms with E-state index in [-0.39, 0.29) is 6.61 Å². The number of para-hydroxylation sites is 1. The molecule has 0 saturated heterocycles. The van der Waals surface area contributed by atoms with Gasteiger partial charge in [0.2, 0.25) is 5.82 Å². The first kappa shape index (κ1) is 19.2. The normalized spacial score (nSPS) is 11.0. The molecule has 0 aliphatic heterocycles. The predicted molar refractivity (Wildman–Crippen MR) is 103 cm³/mol. The molecule has 0 aliphatic rings. The van der Waals surface area contributed by atoms with Crippen molar-refractivity contribution in [1.82, 2.24) is 14.8 Å². The third kappa shape index (κ3) is 3.75. The average molecular weight is 383 g/mol. The van der Waals surface area contributed by atoms with Crippen LogP contribution in [0.3, 0.4) is 0 Å². The largest absolute Gasteiger partial charge is 0.494 e. The van der Waals surface area contributed by atoms with Crippen molar-refractivity contribution in [2.45, 2.75) is 13.8 Å². The molecule has 2 heterocycles. The van der Waals surface area contributed by atoms with Crippen molar-refractivity contribution < 1.29 is 23.4 Å². The molecule has 0 N–H and O–H groups in total. The Balaban J connectivity index is 2.23. The summed E-state index contributed by atoms with van der Waals surface area (Å²) >= 11 is 0. The minimum atomic E-state index is -0.473. The molecule has 3 aromatic rings. The highest BCUT2D eigenvalue weighted by atomic mass is 16.5. The molecule has 0 fully saturated rings. The van der Waals surface area contributed by atoms with Gasteiger partial charge in [-0.15, -0.1) is 10.2 Å². The molecule has 3 rings (SSSR count). The Labute approximate surface area is 162 Å². The van der Waals surface area contributed by atoms with Gasteiger partial charge in [0, 0.05) is 6.08 Å². The van der Waals surface area contributed by atoms with E-state index in [1.54, 1.807) is 43.9 Å². The molecule has 0 bridgehead atoms. The van der Waals surface area contributed by atoms with Crippen LogP contribution in [-0.4, -0.2) is 41.6 Å². The van der Waals surface area contributed by atoms with Gasteiger partial charge in [0.05, 0.1) is 20.8 Å². The molecule has 0 radical (unpaired) electrons. The summed E-state index contributed by atoms with van der Waals surface area (Å²) in [5.41, 5.74) is 0.588. The van der Waals surface area contributed by atoms with Crippen molar-refractivity contribution >= 4 is 12.0 Å². The predicted octanol–water partition coefficient (Wildman–Crippen LogP) is 3.43. The van der Waals surface area contributed by atoms with Gasteiger partial charge in [-0.25, -0.2) is 4.79 Å². The quantitative estimate of drug-likeness (QED) is 0.456. The number of aromatic nitrogens is 3. The summed E-state index contributed by atoms with van der Waals surface area (Å²) in [5.74, 6) is 2.72. The zero-order chi connectivity index (χ0) is 20.1. The lowest BCUT2D eigenvalue weighted by atomic mass is 10.2. The van der Waals surface area contributed by atoms with E-state index in [2.05, 4.69) is 10.2 Å². The Morgan fingerprint density at radius 2 is 1.86 bits per heavy atom. The molecule has 0 unspecified atom stereocenters. The van der Waals surface area contributed by atoms with Crippen LogP contribution in [-0.2, 0) is 9.53 Å². The second-order valence-electron chi connectivity index (χ2n) is 5.72. The summed E-state index contributed by atoms with van der Waals surface area (Å²) in [4.78, 5) is 11.8. The summed E-state index contributed by atoms with van der Waals surface area (Å²) in [6.07, 6.45) is 2.82. The number of esters is 1. The Bertz CT molecular complexity index is 981. The number of methoxy groups -OCH3 is 2. The smallest absolute Gasteiger partial charge is 0.330 e. The van der Waals surface area contributed by atoms with Crippen LogP contribution in [0, 0.1) is 6.92 Å². The molecule has 0 saturated carbocycles. The Hall–Kier alpha value is -3.55. The molecule has 0 spiro atoms. The fourth-order valence-electron chi connectivity index (χ4n) is 2.72. The van der Waals surface area contributed by atoms with Gasteiger partial charge in [-0.2, -0.15) is 0 Å². The number of carbonyl (C=O) groups excluding carboxylic acids is 1. The molecular formula is C20H21N3O5. The monoisotopic (exact) mass is 383 g/mol. The van der Waals surface area contributed by atoms with E-state index in [0.29, 0.717) is 34.6 Å². The lowest BCUT2D eigenvalue weighted by Crippen LogP contribution is -2.05. The number of nitrogens with zero attached hydrogens (tertiary/aromatic N) is 3. The van der Waals surface area contributed by atoms with Crippen molar-refractivity contribution in [2.24, 2.45) is 0 Å². The average Bonchev–Trinajstić information content (AvgIpc) is 3.31. The number of benzene rings is 1. The molecule has 2 aromatic heterocycles. The van der Waals surface area contributed by atoms with E-state index >= 15 is 0 Å². The third-order valence-electron chi connectivity index (χ3n) is 3.93. The summed E-state index contributed by atoms with van der Waals surface area (Å²) in [6.45, 7) is 3.87. The number of aryl methyl sites for hydroxylation is 1. The van der Waals surface area contributed by atoms with E-state index in [9.17, 15) is 4.79 Å². The highest BCUT2D eigenvalue weighted by molar-refractivity contribution is 5.86. The van der Waals surface area contributed by atoms with E-state index in [1.165, 1.54) is 12.2 Å². The van der Waals surface area contributed by atoms with E-state index < -0.39 is 5.97 Å². The van der Waals surface area contributed by atoms with Gasteiger partial charge < -0.3 is 18.6 Å². The minimum Gasteiger partial charge on any atom is -0.494 e. The highest BCUT2D eigenvalue weighted by Crippen LogP contribution is 2.36. The van der Waals surface area contributed by atoms with Gasteiger partial charge in [0.25, 0.3) is 0 Å². The van der Waals surface area contributed by atoms with E-state index in [1.807, 2.05) is 19.1 Å². The standard InChI is InChI=1S/C20H21N3O5/c1-5-27-18(24)12-11-17-21-22-20(16-10-9-13(2)28-16)23(17)19-14(25-3)7-6-8-15(19)26-4/h6-12H,5H2,1-4H3/b12-11+. The summed E-state index contributed by atoms with van der Waals surface area (Å²) in [5, 5.41) is 8.46. The molecule has 0 atom stereocenters. The topological polar surface area (TPSA) is 88.6 Å². The second kappa shape index (κ2) is 8.43. The van der Waals surface area contributed by atoms with Crippen molar-refractivity contribution in [3.63, 3.8) is 0 Å². The highest BCUT2D eigenvalue weighted by Gasteiger charge is 2.22. The van der Waals surface area contributed by atoms with Crippen LogP contribution < -0.4 is 9.47 Å². The van der Waals surface area contributed by atoms with Crippen LogP contribution in [0.1, 0.15) is 18.5 Å². The lowest BCUT2D eigenvalue weighted by molar-refractivity contribution is -0.137. The Kier molecular flexibility index (Phi) is 5.78. The van der Waals surface area contributed by atoms with Crippen molar-refractivity contribution in [3.05, 3.63) is 48.0 Å². The lowest BCUT2D eigenvalue weighted by Gasteiger charge is -2.15. The molecule has 0 aliphatic carbocycles. The molecule has 8 heteroatoms. The summed E-state index contributed by atoms with van der Waals surface area (Å²) in [7, 11) is 3.13. The van der Waals surface area contributed by atoms with Gasteiger partial charge >= 0.3 is 5.97 Å². The number of carbonyl (C=O) groups is 1. The number of hydrogen-bond acceptors (Lipinski definition) is 7. The van der Waals surface area contributed by atoms with Gasteiger partial charge in [-0.1, -0.05) is 6.07 Å². The van der Waals surface area contributed by atoms with Gasteiger partial charge in [-0.3, -0.25) is 4.57 Å². The molecule has 1 aromatic carbocycles. The van der Waals surface area contributed by atoms with Crippen molar-refractivity contribution in [2.75, 3.05) is 20.8 Å². The fourth-order valence-corrected chi connectivity index (χ4v) is 2.72. The van der Waals surface area contributed by atoms with Crippen LogP contribution in [0.5, 0.6) is 11.5 Å². The maximum absolute atomic E-state index is 11.8. The van der Waals surface area contributed by atoms with Gasteiger partial charge in [0.15, 0.2) is 11.6 Å². The Morgan fingerprint density at radius 1 is 1.14 bits per heavy atom. The fraction of sp³-hybridized carbons (Fsp3) is 0.250. The maximum Gasteiger partial charge on any atom is 0.330 e. The SMILES string of the molecule is CCOC(=O)/C=C/c1nnc(-c2ccc(C)o2)n1-c1c(OC)cccc1OC. The zero-order valence-electron chi connectivity index (χ0n) is 16.1. The molecular weight excluding hydrogens is 362 g/mol. The first-order chi connectivity index (χ1) is 13.6. The van der Waals surface area contributed by atoms with Crippen molar-refractivity contribution in [1.29, 1.82) is 0 Å². The molecule has 28 heavy (non-hydrogen) atoms. The number of ether oxygens (including phenoxy) is 3. The van der Waals surface area contributed by atoms with Gasteiger partial charge in [-0.05, 0) is 44.2 Å². The van der Waals surface area contributed by atoms with E-state index in [0.717, 1.165) is 5.76 Å². The maximum atomic E-state index is 11.8. The van der Waals surface area contributed by atoms with E-state index in [4.69, 9.17) is 18.6 Å². The van der Waals surface area contributed by atoms with Gasteiger partial charge in [0.1, 0.15) is 22.9 Å². The third-order valence-corrected chi connectivity index (χ3v) is 3.93. The molecule has 8 nitrogen and oxygen atoms in total. The minimum absolute atomic E-state index is 0.285. The van der Waals surface area contributed by atoms with Crippen molar-refractivity contribution in [3.8, 4) is 28.8 Å². The van der Waals surface area contributed by atoms with Crippen LogP contribution >= 0.6 is 0 Å².